The summed E-state index contributed by atoms with van der Waals surface area (Å²) >= 11 is 0.965. The summed E-state index contributed by atoms with van der Waals surface area (Å²) in [5, 5.41) is 33.9. The minimum atomic E-state index is -1.83. The average molecular weight is 1170 g/mol. The van der Waals surface area contributed by atoms with Gasteiger partial charge in [-0.2, -0.15) is 0 Å². The highest BCUT2D eigenvalue weighted by molar-refractivity contribution is 7.14. The van der Waals surface area contributed by atoms with Crippen LogP contribution in [-0.4, -0.2) is 218 Å². The predicted molar refractivity (Wildman–Crippen MR) is 292 cm³/mol. The van der Waals surface area contributed by atoms with Crippen LogP contribution >= 0.6 is 11.3 Å². The fourth-order valence-electron chi connectivity index (χ4n) is 6.94. The maximum Gasteiger partial charge on any atom is 0.327 e. The summed E-state index contributed by atoms with van der Waals surface area (Å²) in [6.45, 7) is 6.19. The maximum atomic E-state index is 13.5. The Labute approximate surface area is 477 Å². The Hall–Kier alpha value is -7.48. The van der Waals surface area contributed by atoms with Gasteiger partial charge in [-0.1, -0.05) is 30.3 Å². The van der Waals surface area contributed by atoms with Crippen LogP contribution in [0.25, 0.3) is 0 Å². The molecule has 2 heterocycles. The highest BCUT2D eigenvalue weighted by Crippen LogP contribution is 2.24. The number of anilines is 2. The van der Waals surface area contributed by atoms with Crippen molar-refractivity contribution in [3.8, 4) is 5.75 Å². The van der Waals surface area contributed by atoms with E-state index >= 15 is 0 Å². The van der Waals surface area contributed by atoms with E-state index in [1.165, 1.54) is 41.8 Å². The molecule has 1 aliphatic heterocycles. The number of urea groups is 1. The number of aliphatic carboxylic acids is 2. The van der Waals surface area contributed by atoms with E-state index in [1.807, 2.05) is 30.3 Å². The molecule has 0 saturated carbocycles. The van der Waals surface area contributed by atoms with Gasteiger partial charge in [0.2, 0.25) is 17.7 Å². The monoisotopic (exact) mass is 1170 g/mol. The van der Waals surface area contributed by atoms with Crippen LogP contribution in [0.5, 0.6) is 5.75 Å². The summed E-state index contributed by atoms with van der Waals surface area (Å²) in [6.07, 6.45) is 2.03. The van der Waals surface area contributed by atoms with Crippen molar-refractivity contribution in [3.63, 3.8) is 0 Å². The van der Waals surface area contributed by atoms with Gasteiger partial charge >= 0.3 is 18.0 Å². The summed E-state index contributed by atoms with van der Waals surface area (Å²) in [5.74, 6) is -5.75. The molecule has 0 saturated heterocycles. The van der Waals surface area contributed by atoms with Crippen molar-refractivity contribution in [2.24, 2.45) is 0 Å². The number of carbonyl (C=O) groups excluding carboxylic acids is 7. The molecule has 0 radical (unpaired) electrons. The SMILES string of the molecule is O=C(O)C[C@@H](C(=O)O)N(C(=O)CNC(=O)c1csc(NC(=O)NCc2ccccc2)n1)c1ccc(OCCCNC(=O)CCOCCOCCOCCOCCOCCOCCOCCOCCNC(=O)CCN2C(=O)C=CC2=O)cc1. The molecule has 8 amide bonds. The zero-order chi connectivity index (χ0) is 59.0. The molecule has 7 N–H and O–H groups in total. The summed E-state index contributed by atoms with van der Waals surface area (Å²) in [4.78, 5) is 115. The number of ether oxygens (including phenoxy) is 9. The molecule has 0 unspecified atom stereocenters. The molecule has 4 rings (SSSR count). The average Bonchev–Trinajstić information content (AvgIpc) is 4.13. The first-order chi connectivity index (χ1) is 39.8. The van der Waals surface area contributed by atoms with Crippen molar-refractivity contribution in [1.29, 1.82) is 0 Å². The second-order valence-electron chi connectivity index (χ2n) is 17.2. The zero-order valence-corrected chi connectivity index (χ0v) is 46.2. The topological polar surface area (TPSA) is 357 Å². The van der Waals surface area contributed by atoms with Crippen LogP contribution in [0.2, 0.25) is 0 Å². The van der Waals surface area contributed by atoms with E-state index in [0.29, 0.717) is 124 Å². The van der Waals surface area contributed by atoms with Gasteiger partial charge in [-0.15, -0.1) is 11.3 Å². The Balaban J connectivity index is 0.920. The lowest BCUT2D eigenvalue weighted by Gasteiger charge is -2.28. The van der Waals surface area contributed by atoms with Crippen molar-refractivity contribution >= 4 is 75.6 Å². The second kappa shape index (κ2) is 40.7. The lowest BCUT2D eigenvalue weighted by atomic mass is 10.1. The molecular weight excluding hydrogens is 1100 g/mol. The fourth-order valence-corrected chi connectivity index (χ4v) is 7.63. The number of nitrogens with one attached hydrogen (secondary N) is 5. The van der Waals surface area contributed by atoms with E-state index in [-0.39, 0.29) is 67.5 Å². The summed E-state index contributed by atoms with van der Waals surface area (Å²) in [5.41, 5.74) is 0.781. The Morgan fingerprint density at radius 3 is 1.67 bits per heavy atom. The van der Waals surface area contributed by atoms with Gasteiger partial charge in [-0.3, -0.25) is 48.7 Å². The largest absolute Gasteiger partial charge is 0.494 e. The quantitative estimate of drug-likeness (QED) is 0.0306. The highest BCUT2D eigenvalue weighted by Gasteiger charge is 2.33. The van der Waals surface area contributed by atoms with E-state index < -0.39 is 60.6 Å². The molecule has 0 aliphatic carbocycles. The van der Waals surface area contributed by atoms with Crippen LogP contribution in [-0.2, 0) is 78.0 Å². The lowest BCUT2D eigenvalue weighted by molar-refractivity contribution is -0.145. The number of carboxylic acids is 2. The van der Waals surface area contributed by atoms with Gasteiger partial charge in [0.25, 0.3) is 17.7 Å². The number of thiazole rings is 1. The number of aromatic nitrogens is 1. The van der Waals surface area contributed by atoms with Gasteiger partial charge in [0.1, 0.15) is 17.5 Å². The van der Waals surface area contributed by atoms with E-state index in [2.05, 4.69) is 31.6 Å². The van der Waals surface area contributed by atoms with E-state index in [1.54, 1.807) is 0 Å². The number of hydrogen-bond acceptors (Lipinski definition) is 20. The fraction of sp³-hybridized carbons (Fsp3) is 0.509. The third kappa shape index (κ3) is 28.8. The minimum absolute atomic E-state index is 0.0267. The molecule has 29 heteroatoms. The molecule has 1 atom stereocenters. The van der Waals surface area contributed by atoms with Gasteiger partial charge in [0.15, 0.2) is 5.13 Å². The molecule has 2 aromatic carbocycles. The van der Waals surface area contributed by atoms with Gasteiger partial charge in [-0.25, -0.2) is 14.6 Å². The number of amides is 8. The van der Waals surface area contributed by atoms with E-state index in [0.717, 1.165) is 26.7 Å². The van der Waals surface area contributed by atoms with Crippen molar-refractivity contribution in [1.82, 2.24) is 31.2 Å². The first-order valence-corrected chi connectivity index (χ1v) is 27.2. The highest BCUT2D eigenvalue weighted by atomic mass is 32.1. The lowest BCUT2D eigenvalue weighted by Crippen LogP contribution is -2.50. The van der Waals surface area contributed by atoms with Gasteiger partial charge in [0, 0.05) is 62.2 Å². The number of hydrogen-bond donors (Lipinski definition) is 7. The van der Waals surface area contributed by atoms with E-state index in [4.69, 9.17) is 42.6 Å². The van der Waals surface area contributed by atoms with Crippen LogP contribution < -0.4 is 36.2 Å². The summed E-state index contributed by atoms with van der Waals surface area (Å²) in [7, 11) is 0. The molecule has 28 nitrogen and oxygen atoms in total. The normalized spacial score (nSPS) is 12.2. The van der Waals surface area contributed by atoms with Crippen LogP contribution in [0.3, 0.4) is 0 Å². The standard InChI is InChI=1S/C53H72N8O20S/c62-44(13-17-60-46(64)11-12-47(60)65)55-16-20-74-22-24-76-26-28-78-30-32-80-34-33-79-31-29-77-27-25-75-23-21-73-19-14-45(63)54-15-4-18-81-41-9-7-40(8-10-41)61(43(51(70)71)35-49(67)68)48(66)37-56-50(69)42-38-82-53(58-42)59-52(72)57-36-39-5-2-1-3-6-39/h1-3,5-12,38,43H,4,13-37H2,(H,54,63)(H,55,62)(H,56,69)(H,67,68)(H,70,71)(H2,57,58,59,72)/t43-/m0/s1. The minimum Gasteiger partial charge on any atom is -0.494 e. The van der Waals surface area contributed by atoms with Crippen LogP contribution in [0, 0.1) is 0 Å². The zero-order valence-electron chi connectivity index (χ0n) is 45.4. The van der Waals surface area contributed by atoms with Crippen LogP contribution in [0.1, 0.15) is 41.7 Å². The molecule has 450 valence electrons. The third-order valence-corrected chi connectivity index (χ3v) is 11.8. The molecule has 0 bridgehead atoms. The molecular formula is C53H72N8O20S. The van der Waals surface area contributed by atoms with Crippen LogP contribution in [0.4, 0.5) is 15.6 Å². The Kier molecular flexibility index (Phi) is 33.2. The van der Waals surface area contributed by atoms with Crippen molar-refractivity contribution in [2.75, 3.05) is 149 Å². The number of nitrogens with zero attached hydrogens (tertiary/aromatic N) is 3. The number of imide groups is 1. The maximum absolute atomic E-state index is 13.5. The summed E-state index contributed by atoms with van der Waals surface area (Å²) < 4.78 is 49.4. The molecule has 82 heavy (non-hydrogen) atoms. The Bertz CT molecular complexity index is 2450. The molecule has 1 aromatic heterocycles. The number of carbonyl (C=O) groups is 9. The third-order valence-electron chi connectivity index (χ3n) is 11.0. The number of carboxylic acid groups (broad SMARTS) is 2. The summed E-state index contributed by atoms with van der Waals surface area (Å²) in [6, 6.07) is 12.5. The molecule has 0 spiro atoms. The number of benzene rings is 2. The Morgan fingerprint density at radius 2 is 1.12 bits per heavy atom. The smallest absolute Gasteiger partial charge is 0.327 e. The first kappa shape index (κ1) is 67.0. The molecule has 0 fully saturated rings. The molecule has 3 aromatic rings. The van der Waals surface area contributed by atoms with Gasteiger partial charge in [0.05, 0.1) is 125 Å². The number of rotatable bonds is 46. The van der Waals surface area contributed by atoms with Crippen molar-refractivity contribution in [3.05, 3.63) is 83.4 Å². The Morgan fingerprint density at radius 1 is 0.598 bits per heavy atom. The first-order valence-electron chi connectivity index (χ1n) is 26.3. The van der Waals surface area contributed by atoms with Gasteiger partial charge in [-0.05, 0) is 36.2 Å². The second-order valence-corrected chi connectivity index (χ2v) is 18.0. The van der Waals surface area contributed by atoms with Gasteiger partial charge < -0.3 is 74.1 Å². The predicted octanol–water partition coefficient (Wildman–Crippen LogP) is 0.995. The van der Waals surface area contributed by atoms with Crippen molar-refractivity contribution < 1.29 is 96.0 Å². The van der Waals surface area contributed by atoms with Crippen molar-refractivity contribution in [2.45, 2.75) is 38.3 Å². The van der Waals surface area contributed by atoms with Crippen LogP contribution in [0.15, 0.2) is 72.1 Å². The molecule has 1 aliphatic rings. The van der Waals surface area contributed by atoms with E-state index in [9.17, 15) is 53.4 Å².